The van der Waals surface area contributed by atoms with Crippen LogP contribution < -0.4 is 16.4 Å². The lowest BCUT2D eigenvalue weighted by Gasteiger charge is -2.23. The van der Waals surface area contributed by atoms with E-state index in [0.717, 1.165) is 11.1 Å². The number of carbonyl (C=O) groups is 1. The lowest BCUT2D eigenvalue weighted by atomic mass is 10.00. The molecule has 0 radical (unpaired) electrons. The van der Waals surface area contributed by atoms with Crippen LogP contribution >= 0.6 is 0 Å². The molecule has 0 fully saturated rings. The molecule has 26 heavy (non-hydrogen) atoms. The molecule has 1 unspecified atom stereocenters. The highest BCUT2D eigenvalue weighted by Crippen LogP contribution is 2.18. The zero-order chi connectivity index (χ0) is 19.2. The monoisotopic (exact) mass is 358 g/mol. The summed E-state index contributed by atoms with van der Waals surface area (Å²) < 4.78 is 1.65. The van der Waals surface area contributed by atoms with Gasteiger partial charge in [0.2, 0.25) is 5.91 Å². The van der Waals surface area contributed by atoms with Gasteiger partial charge in [-0.1, -0.05) is 12.1 Å². The summed E-state index contributed by atoms with van der Waals surface area (Å²) in [6.07, 6.45) is 3.42. The van der Waals surface area contributed by atoms with Crippen LogP contribution in [0.25, 0.3) is 0 Å². The first-order valence-corrected chi connectivity index (χ1v) is 8.44. The van der Waals surface area contributed by atoms with E-state index in [1.54, 1.807) is 49.2 Å². The average Bonchev–Trinajstić information content (AvgIpc) is 3.05. The molecule has 0 saturated heterocycles. The van der Waals surface area contributed by atoms with Gasteiger partial charge >= 0.3 is 0 Å². The quantitative estimate of drug-likeness (QED) is 0.424. The third-order valence-corrected chi connectivity index (χ3v) is 3.90. The van der Waals surface area contributed by atoms with Gasteiger partial charge in [0.05, 0.1) is 19.3 Å². The number of nitrogens with zero attached hydrogens (tertiary/aromatic N) is 3. The fourth-order valence-corrected chi connectivity index (χ4v) is 2.39. The highest BCUT2D eigenvalue weighted by molar-refractivity contribution is 5.92. The summed E-state index contributed by atoms with van der Waals surface area (Å²) in [5, 5.41) is 21.0. The van der Waals surface area contributed by atoms with Gasteiger partial charge in [-0.05, 0) is 31.5 Å². The lowest BCUT2D eigenvalue weighted by molar-refractivity contribution is 0.0616. The number of guanidine groups is 1. The predicted molar refractivity (Wildman–Crippen MR) is 101 cm³/mol. The molecule has 1 heterocycles. The first-order chi connectivity index (χ1) is 12.3. The van der Waals surface area contributed by atoms with Crippen LogP contribution in [0.5, 0.6) is 0 Å². The number of aromatic nitrogens is 2. The number of benzene rings is 1. The maximum Gasteiger partial charge on any atom is 0.248 e. The number of nitrogens with two attached hydrogens (primary N) is 1. The van der Waals surface area contributed by atoms with Crippen molar-refractivity contribution >= 4 is 11.9 Å². The molecule has 1 aromatic carbocycles. The number of nitrogens with one attached hydrogen (secondary N) is 2. The van der Waals surface area contributed by atoms with Crippen molar-refractivity contribution in [2.75, 3.05) is 13.1 Å². The normalized spacial score (nSPS) is 13.9. The van der Waals surface area contributed by atoms with Crippen molar-refractivity contribution in [3.63, 3.8) is 0 Å². The molecule has 5 N–H and O–H groups in total. The number of aryl methyl sites for hydroxylation is 1. The lowest BCUT2D eigenvalue weighted by Crippen LogP contribution is -2.44. The third kappa shape index (κ3) is 5.32. The number of hydrogen-bond donors (Lipinski definition) is 4. The molecule has 0 saturated carbocycles. The van der Waals surface area contributed by atoms with Crippen LogP contribution in [0.15, 0.2) is 41.7 Å². The van der Waals surface area contributed by atoms with Gasteiger partial charge in [-0.25, -0.2) is 4.99 Å². The van der Waals surface area contributed by atoms with Crippen molar-refractivity contribution in [3.05, 3.63) is 53.3 Å². The molecule has 1 atom stereocenters. The van der Waals surface area contributed by atoms with Gasteiger partial charge in [0.25, 0.3) is 0 Å². The number of aliphatic imine (C=N–C) groups is 1. The van der Waals surface area contributed by atoms with Gasteiger partial charge in [0, 0.05) is 30.9 Å². The van der Waals surface area contributed by atoms with Crippen LogP contribution in [0, 0.1) is 0 Å². The maximum atomic E-state index is 11.3. The minimum absolute atomic E-state index is 0.270. The summed E-state index contributed by atoms with van der Waals surface area (Å²) in [6.45, 7) is 5.01. The highest BCUT2D eigenvalue weighted by Gasteiger charge is 2.24. The van der Waals surface area contributed by atoms with Gasteiger partial charge in [0.1, 0.15) is 5.60 Å². The van der Waals surface area contributed by atoms with Gasteiger partial charge in [-0.3, -0.25) is 9.48 Å². The van der Waals surface area contributed by atoms with Gasteiger partial charge in [-0.2, -0.15) is 5.10 Å². The summed E-state index contributed by atoms with van der Waals surface area (Å²) >= 11 is 0. The first kappa shape index (κ1) is 19.5. The molecular weight excluding hydrogens is 332 g/mol. The van der Waals surface area contributed by atoms with Crippen molar-refractivity contribution in [1.29, 1.82) is 0 Å². The number of primary amides is 1. The molecule has 0 spiro atoms. The fourth-order valence-electron chi connectivity index (χ4n) is 2.39. The van der Waals surface area contributed by atoms with Crippen molar-refractivity contribution in [2.24, 2.45) is 17.8 Å². The summed E-state index contributed by atoms with van der Waals surface area (Å²) in [5.41, 5.74) is 6.26. The molecular formula is C18H26N6O2. The Kier molecular flexibility index (Phi) is 6.35. The number of aliphatic hydroxyl groups is 1. The van der Waals surface area contributed by atoms with E-state index in [9.17, 15) is 9.90 Å². The molecule has 1 amide bonds. The first-order valence-electron chi connectivity index (χ1n) is 8.44. The number of amides is 1. The Hall–Kier alpha value is -2.87. The van der Waals surface area contributed by atoms with Crippen molar-refractivity contribution in [3.8, 4) is 0 Å². The van der Waals surface area contributed by atoms with Crippen LogP contribution in [-0.2, 0) is 19.2 Å². The zero-order valence-corrected chi connectivity index (χ0v) is 15.4. The van der Waals surface area contributed by atoms with Crippen molar-refractivity contribution in [2.45, 2.75) is 26.0 Å². The highest BCUT2D eigenvalue weighted by atomic mass is 16.3. The van der Waals surface area contributed by atoms with Gasteiger partial charge < -0.3 is 21.5 Å². The molecule has 0 bridgehead atoms. The van der Waals surface area contributed by atoms with Crippen LogP contribution in [0.3, 0.4) is 0 Å². The smallest absolute Gasteiger partial charge is 0.248 e. The van der Waals surface area contributed by atoms with Gasteiger partial charge in [0.15, 0.2) is 5.96 Å². The molecule has 2 aromatic rings. The molecule has 0 aliphatic heterocycles. The number of hydrogen-bond acceptors (Lipinski definition) is 4. The van der Waals surface area contributed by atoms with E-state index in [4.69, 9.17) is 5.73 Å². The van der Waals surface area contributed by atoms with E-state index in [2.05, 4.69) is 20.7 Å². The maximum absolute atomic E-state index is 11.3. The topological polar surface area (TPSA) is 118 Å². The van der Waals surface area contributed by atoms with E-state index in [1.807, 2.05) is 13.0 Å². The molecule has 8 heteroatoms. The Labute approximate surface area is 153 Å². The second-order valence-electron chi connectivity index (χ2n) is 6.29. The van der Waals surface area contributed by atoms with E-state index >= 15 is 0 Å². The molecule has 2 rings (SSSR count). The van der Waals surface area contributed by atoms with Crippen LogP contribution in [0.2, 0.25) is 0 Å². The van der Waals surface area contributed by atoms with Gasteiger partial charge in [-0.15, -0.1) is 0 Å². The molecule has 1 aromatic heterocycles. The zero-order valence-electron chi connectivity index (χ0n) is 15.4. The third-order valence-electron chi connectivity index (χ3n) is 3.90. The summed E-state index contributed by atoms with van der Waals surface area (Å²) in [7, 11) is 1.80. The predicted octanol–water partition coefficient (Wildman–Crippen LogP) is 0.482. The van der Waals surface area contributed by atoms with E-state index < -0.39 is 11.5 Å². The van der Waals surface area contributed by atoms with Crippen LogP contribution in [0.4, 0.5) is 0 Å². The second kappa shape index (κ2) is 8.48. The summed E-state index contributed by atoms with van der Waals surface area (Å²) in [4.78, 5) is 15.8. The van der Waals surface area contributed by atoms with Crippen molar-refractivity contribution < 1.29 is 9.90 Å². The average molecular weight is 358 g/mol. The largest absolute Gasteiger partial charge is 0.383 e. The molecule has 8 nitrogen and oxygen atoms in total. The summed E-state index contributed by atoms with van der Waals surface area (Å²) in [5.74, 6) is 0.106. The Morgan fingerprint density at radius 2 is 2.19 bits per heavy atom. The number of carbonyl (C=O) groups excluding carboxylic acids is 1. The van der Waals surface area contributed by atoms with E-state index in [1.165, 1.54) is 0 Å². The SMILES string of the molecule is CCNC(=NCc1cccc(C(N)=O)c1)NCC(C)(O)c1cnn(C)c1. The van der Waals surface area contributed by atoms with E-state index in [0.29, 0.717) is 24.6 Å². The van der Waals surface area contributed by atoms with Crippen molar-refractivity contribution in [1.82, 2.24) is 20.4 Å². The Morgan fingerprint density at radius 1 is 1.42 bits per heavy atom. The molecule has 0 aliphatic carbocycles. The number of rotatable bonds is 7. The summed E-state index contributed by atoms with van der Waals surface area (Å²) in [6, 6.07) is 7.05. The van der Waals surface area contributed by atoms with Crippen LogP contribution in [0.1, 0.15) is 35.3 Å². The molecule has 0 aliphatic rings. The second-order valence-corrected chi connectivity index (χ2v) is 6.29. The van der Waals surface area contributed by atoms with Crippen LogP contribution in [-0.4, -0.2) is 39.8 Å². The van der Waals surface area contributed by atoms with E-state index in [-0.39, 0.29) is 6.54 Å². The Bertz CT molecular complexity index is 781. The minimum Gasteiger partial charge on any atom is -0.383 e. The standard InChI is InChI=1S/C18H26N6O2/c1-4-20-17(21-9-13-6-5-7-14(8-13)16(19)25)22-12-18(2,26)15-10-23-24(3)11-15/h5-8,10-11,26H,4,9,12H2,1-3H3,(H2,19,25)(H2,20,21,22). The Morgan fingerprint density at radius 3 is 2.81 bits per heavy atom. The Balaban J connectivity index is 2.04. The minimum atomic E-state index is -1.09. The molecule has 140 valence electrons. The fraction of sp³-hybridized carbons (Fsp3) is 0.389.